The number of urea groups is 1. The Bertz CT molecular complexity index is 1170. The molecule has 9 nitrogen and oxygen atoms in total. The second-order valence-electron chi connectivity index (χ2n) is 9.13. The van der Waals surface area contributed by atoms with Crippen LogP contribution in [0.3, 0.4) is 0 Å². The lowest BCUT2D eigenvalue weighted by Gasteiger charge is -2.38. The number of methoxy groups -OCH3 is 1. The number of hydrogen-bond acceptors (Lipinski definition) is 7. The monoisotopic (exact) mass is 494 g/mol. The van der Waals surface area contributed by atoms with Gasteiger partial charge in [-0.1, -0.05) is 18.2 Å². The van der Waals surface area contributed by atoms with Crippen molar-refractivity contribution >= 4 is 17.7 Å². The van der Waals surface area contributed by atoms with Crippen LogP contribution in [0, 0.1) is 13.8 Å². The molecule has 2 aliphatic heterocycles. The highest BCUT2D eigenvalue weighted by Crippen LogP contribution is 2.34. The topological polar surface area (TPSA) is 103 Å². The summed E-state index contributed by atoms with van der Waals surface area (Å²) < 4.78 is 10.6. The van der Waals surface area contributed by atoms with Gasteiger partial charge in [0.1, 0.15) is 0 Å². The van der Waals surface area contributed by atoms with Crippen molar-refractivity contribution in [3.8, 4) is 11.5 Å². The third kappa shape index (κ3) is 5.41. The van der Waals surface area contributed by atoms with Crippen LogP contribution < -0.4 is 20.3 Å². The number of anilines is 1. The van der Waals surface area contributed by atoms with Gasteiger partial charge in [0.05, 0.1) is 25.3 Å². The van der Waals surface area contributed by atoms with Crippen molar-refractivity contribution in [1.82, 2.24) is 15.5 Å². The highest BCUT2D eigenvalue weighted by molar-refractivity contribution is 5.95. The first-order chi connectivity index (χ1) is 17.3. The molecular weight excluding hydrogens is 460 g/mol. The zero-order valence-electron chi connectivity index (χ0n) is 21.3. The van der Waals surface area contributed by atoms with Gasteiger partial charge in [-0.3, -0.25) is 4.90 Å². The van der Waals surface area contributed by atoms with E-state index in [2.05, 4.69) is 52.5 Å². The largest absolute Gasteiger partial charge is 0.504 e. The number of amides is 2. The van der Waals surface area contributed by atoms with Gasteiger partial charge in [0, 0.05) is 44.1 Å². The Morgan fingerprint density at radius 2 is 1.86 bits per heavy atom. The van der Waals surface area contributed by atoms with Crippen LogP contribution in [0.2, 0.25) is 0 Å². The van der Waals surface area contributed by atoms with Crippen molar-refractivity contribution in [1.29, 1.82) is 0 Å². The number of piperazine rings is 1. The molecule has 0 aliphatic carbocycles. The molecule has 4 rings (SSSR count). The summed E-state index contributed by atoms with van der Waals surface area (Å²) in [5, 5.41) is 15.8. The summed E-state index contributed by atoms with van der Waals surface area (Å²) in [4.78, 5) is 30.1. The highest BCUT2D eigenvalue weighted by atomic mass is 16.5. The molecule has 2 aromatic carbocycles. The minimum absolute atomic E-state index is 0.00796. The Balaban J connectivity index is 1.57. The second-order valence-corrected chi connectivity index (χ2v) is 9.13. The molecule has 1 atom stereocenters. The maximum atomic E-state index is 12.9. The number of esters is 1. The number of ether oxygens (including phenoxy) is 2. The lowest BCUT2D eigenvalue weighted by molar-refractivity contribution is -0.136. The van der Waals surface area contributed by atoms with E-state index in [0.29, 0.717) is 30.0 Å². The van der Waals surface area contributed by atoms with Crippen molar-refractivity contribution in [2.45, 2.75) is 26.8 Å². The lowest BCUT2D eigenvalue weighted by atomic mass is 9.94. The first kappa shape index (κ1) is 25.4. The standard InChI is InChI=1S/C27H34N4O5/c1-5-36-23-15-19(8-9-22(23)32)25-24(26(33)35-4)20(28-27(34)29-25)16-30-10-12-31(13-11-30)21-14-17(2)6-7-18(21)3/h6-9,14-15,25,32H,5,10-13,16H2,1-4H3,(H2,28,29,34)/t25-/m0/s1. The molecule has 9 heteroatoms. The Morgan fingerprint density at radius 3 is 2.56 bits per heavy atom. The van der Waals surface area contributed by atoms with E-state index in [1.54, 1.807) is 12.1 Å². The first-order valence-corrected chi connectivity index (χ1v) is 12.2. The predicted molar refractivity (Wildman–Crippen MR) is 137 cm³/mol. The second kappa shape index (κ2) is 10.9. The number of benzene rings is 2. The number of hydrogen-bond donors (Lipinski definition) is 3. The van der Waals surface area contributed by atoms with Crippen LogP contribution in [-0.4, -0.2) is 68.4 Å². The summed E-state index contributed by atoms with van der Waals surface area (Å²) in [5.74, 6) is -0.245. The fraction of sp³-hybridized carbons (Fsp3) is 0.407. The predicted octanol–water partition coefficient (Wildman–Crippen LogP) is 3.01. The number of rotatable bonds is 7. The van der Waals surface area contributed by atoms with Gasteiger partial charge in [-0.05, 0) is 55.7 Å². The lowest BCUT2D eigenvalue weighted by Crippen LogP contribution is -2.51. The molecule has 36 heavy (non-hydrogen) atoms. The number of nitrogens with one attached hydrogen (secondary N) is 2. The van der Waals surface area contributed by atoms with Crippen molar-refractivity contribution < 1.29 is 24.2 Å². The number of phenolic OH excluding ortho intramolecular Hbond substituents is 1. The van der Waals surface area contributed by atoms with E-state index in [4.69, 9.17) is 9.47 Å². The quantitative estimate of drug-likeness (QED) is 0.509. The molecule has 2 heterocycles. The molecule has 0 spiro atoms. The summed E-state index contributed by atoms with van der Waals surface area (Å²) in [5.41, 5.74) is 5.19. The number of carbonyl (C=O) groups excluding carboxylic acids is 2. The number of aromatic hydroxyl groups is 1. The SMILES string of the molecule is CCOc1cc([C@@H]2NC(=O)NC(CN3CCN(c4cc(C)ccc4C)CC3)=C2C(=O)OC)ccc1O. The Morgan fingerprint density at radius 1 is 1.11 bits per heavy atom. The molecule has 0 aromatic heterocycles. The Labute approximate surface area is 211 Å². The smallest absolute Gasteiger partial charge is 0.338 e. The third-order valence-corrected chi connectivity index (χ3v) is 6.64. The van der Waals surface area contributed by atoms with Crippen LogP contribution in [0.4, 0.5) is 10.5 Å². The molecule has 2 aliphatic rings. The minimum atomic E-state index is -0.739. The molecule has 3 N–H and O–H groups in total. The molecule has 0 saturated carbocycles. The highest BCUT2D eigenvalue weighted by Gasteiger charge is 2.35. The molecule has 1 saturated heterocycles. The van der Waals surface area contributed by atoms with E-state index in [1.165, 1.54) is 30.0 Å². The van der Waals surface area contributed by atoms with Crippen LogP contribution >= 0.6 is 0 Å². The van der Waals surface area contributed by atoms with Crippen LogP contribution in [0.5, 0.6) is 11.5 Å². The summed E-state index contributed by atoms with van der Waals surface area (Å²) in [7, 11) is 1.33. The van der Waals surface area contributed by atoms with Crippen LogP contribution in [0.1, 0.15) is 29.7 Å². The van der Waals surface area contributed by atoms with Gasteiger partial charge in [0.25, 0.3) is 0 Å². The average Bonchev–Trinajstić information content (AvgIpc) is 2.87. The molecule has 2 aromatic rings. The zero-order chi connectivity index (χ0) is 25.8. The molecule has 192 valence electrons. The van der Waals surface area contributed by atoms with Crippen LogP contribution in [0.25, 0.3) is 0 Å². The first-order valence-electron chi connectivity index (χ1n) is 12.2. The van der Waals surface area contributed by atoms with E-state index in [-0.39, 0.29) is 11.5 Å². The van der Waals surface area contributed by atoms with Gasteiger partial charge in [-0.25, -0.2) is 9.59 Å². The van der Waals surface area contributed by atoms with Gasteiger partial charge in [-0.15, -0.1) is 0 Å². The maximum Gasteiger partial charge on any atom is 0.338 e. The summed E-state index contributed by atoms with van der Waals surface area (Å²) in [6.07, 6.45) is 0. The summed E-state index contributed by atoms with van der Waals surface area (Å²) >= 11 is 0. The number of aryl methyl sites for hydroxylation is 2. The van der Waals surface area contributed by atoms with E-state index >= 15 is 0 Å². The summed E-state index contributed by atoms with van der Waals surface area (Å²) in [6.45, 7) is 10.1. The van der Waals surface area contributed by atoms with Crippen molar-refractivity contribution in [2.24, 2.45) is 0 Å². The van der Waals surface area contributed by atoms with Gasteiger partial charge in [0.15, 0.2) is 11.5 Å². The minimum Gasteiger partial charge on any atom is -0.504 e. The maximum absolute atomic E-state index is 12.9. The molecule has 1 fully saturated rings. The fourth-order valence-corrected chi connectivity index (χ4v) is 4.76. The number of nitrogens with zero attached hydrogens (tertiary/aromatic N) is 2. The molecule has 0 bridgehead atoms. The van der Waals surface area contributed by atoms with E-state index in [0.717, 1.165) is 26.2 Å². The van der Waals surface area contributed by atoms with Gasteiger partial charge < -0.3 is 30.1 Å². The van der Waals surface area contributed by atoms with Gasteiger partial charge in [-0.2, -0.15) is 0 Å². The number of carbonyl (C=O) groups is 2. The molecule has 0 radical (unpaired) electrons. The van der Waals surface area contributed by atoms with E-state index in [9.17, 15) is 14.7 Å². The van der Waals surface area contributed by atoms with E-state index in [1.807, 2.05) is 6.92 Å². The van der Waals surface area contributed by atoms with Gasteiger partial charge >= 0.3 is 12.0 Å². The fourth-order valence-electron chi connectivity index (χ4n) is 4.76. The normalized spacial score (nSPS) is 18.5. The Kier molecular flexibility index (Phi) is 7.69. The molecule has 0 unspecified atom stereocenters. The average molecular weight is 495 g/mol. The number of phenols is 1. The van der Waals surface area contributed by atoms with Gasteiger partial charge in [0.2, 0.25) is 0 Å². The zero-order valence-corrected chi connectivity index (χ0v) is 21.3. The van der Waals surface area contributed by atoms with Crippen LogP contribution in [0.15, 0.2) is 47.7 Å². The van der Waals surface area contributed by atoms with Crippen molar-refractivity contribution in [2.75, 3.05) is 51.3 Å². The molecular formula is C27H34N4O5. The van der Waals surface area contributed by atoms with Crippen molar-refractivity contribution in [3.63, 3.8) is 0 Å². The molecule has 2 amide bonds. The van der Waals surface area contributed by atoms with E-state index < -0.39 is 18.0 Å². The van der Waals surface area contributed by atoms with Crippen molar-refractivity contribution in [3.05, 3.63) is 64.4 Å². The third-order valence-electron chi connectivity index (χ3n) is 6.64. The summed E-state index contributed by atoms with van der Waals surface area (Å²) in [6, 6.07) is 10.1. The van der Waals surface area contributed by atoms with Crippen LogP contribution in [-0.2, 0) is 9.53 Å². The Hall–Kier alpha value is -3.72.